The number of sulfonamides is 2. The predicted octanol–water partition coefficient (Wildman–Crippen LogP) is 3.85. The summed E-state index contributed by atoms with van der Waals surface area (Å²) in [5, 5.41) is 2.59. The minimum absolute atomic E-state index is 0.187. The molecule has 0 heterocycles. The minimum Gasteiger partial charge on any atom is -0.399 e. The number of carbonyl (C=O) groups is 1. The van der Waals surface area contributed by atoms with Gasteiger partial charge in [-0.3, -0.25) is 4.79 Å². The van der Waals surface area contributed by atoms with Crippen LogP contribution in [0.15, 0.2) is 58.3 Å². The van der Waals surface area contributed by atoms with Crippen molar-refractivity contribution < 1.29 is 21.6 Å². The van der Waals surface area contributed by atoms with Crippen molar-refractivity contribution >= 4 is 37.3 Å². The number of carbonyl (C=O) groups excluding carboxylic acids is 1. The van der Waals surface area contributed by atoms with E-state index in [1.807, 2.05) is 0 Å². The summed E-state index contributed by atoms with van der Waals surface area (Å²) in [6, 6.07) is 12.3. The van der Waals surface area contributed by atoms with Gasteiger partial charge in [0.1, 0.15) is 0 Å². The SMILES string of the molecule is CCCCCNS(=O)(=O)c1ccc(N)cc1.CCCCCNS(=O)(=O)c1ccc(NC(C)=O)cc1. The van der Waals surface area contributed by atoms with Gasteiger partial charge in [-0.15, -0.1) is 0 Å². The number of amides is 1. The molecule has 0 aliphatic heterocycles. The normalized spacial score (nSPS) is 11.4. The van der Waals surface area contributed by atoms with E-state index in [1.54, 1.807) is 24.3 Å². The molecule has 35 heavy (non-hydrogen) atoms. The number of nitrogen functional groups attached to an aromatic ring is 1. The summed E-state index contributed by atoms with van der Waals surface area (Å²) < 4.78 is 52.5. The van der Waals surface area contributed by atoms with E-state index in [9.17, 15) is 21.6 Å². The van der Waals surface area contributed by atoms with E-state index in [-0.39, 0.29) is 15.7 Å². The Kier molecular flexibility index (Phi) is 13.5. The summed E-state index contributed by atoms with van der Waals surface area (Å²) in [6.45, 7) is 6.48. The van der Waals surface area contributed by atoms with Crippen molar-refractivity contribution in [3.05, 3.63) is 48.5 Å². The lowest BCUT2D eigenvalue weighted by Gasteiger charge is -2.07. The van der Waals surface area contributed by atoms with Crippen molar-refractivity contribution in [2.45, 2.75) is 69.1 Å². The summed E-state index contributed by atoms with van der Waals surface area (Å²) >= 11 is 0. The Labute approximate surface area is 210 Å². The fraction of sp³-hybridized carbons (Fsp3) is 0.458. The third kappa shape index (κ3) is 12.2. The molecule has 0 aromatic heterocycles. The van der Waals surface area contributed by atoms with Crippen LogP contribution in [0.1, 0.15) is 59.3 Å². The molecular formula is C24H38N4O5S2. The van der Waals surface area contributed by atoms with Crippen molar-refractivity contribution in [1.29, 1.82) is 0 Å². The van der Waals surface area contributed by atoms with Crippen LogP contribution < -0.4 is 20.5 Å². The fourth-order valence-corrected chi connectivity index (χ4v) is 5.05. The largest absolute Gasteiger partial charge is 0.399 e. The number of rotatable bonds is 13. The molecule has 0 unspecified atom stereocenters. The number of hydrogen-bond acceptors (Lipinski definition) is 6. The highest BCUT2D eigenvalue weighted by Crippen LogP contribution is 2.14. The number of nitrogens with two attached hydrogens (primary N) is 1. The number of hydrogen-bond donors (Lipinski definition) is 4. The highest BCUT2D eigenvalue weighted by Gasteiger charge is 2.13. The zero-order valence-electron chi connectivity index (χ0n) is 20.7. The van der Waals surface area contributed by atoms with E-state index in [2.05, 4.69) is 28.6 Å². The van der Waals surface area contributed by atoms with Crippen molar-refractivity contribution in [1.82, 2.24) is 9.44 Å². The van der Waals surface area contributed by atoms with E-state index in [1.165, 1.54) is 31.2 Å². The van der Waals surface area contributed by atoms with Gasteiger partial charge in [-0.2, -0.15) is 0 Å². The van der Waals surface area contributed by atoms with E-state index < -0.39 is 20.0 Å². The Balaban J connectivity index is 0.000000355. The summed E-state index contributed by atoms with van der Waals surface area (Å²) in [7, 11) is -6.81. The summed E-state index contributed by atoms with van der Waals surface area (Å²) in [5.74, 6) is -0.187. The monoisotopic (exact) mass is 526 g/mol. The smallest absolute Gasteiger partial charge is 0.240 e. The van der Waals surface area contributed by atoms with Crippen LogP contribution in [0.3, 0.4) is 0 Å². The Hall–Kier alpha value is -2.47. The Morgan fingerprint density at radius 3 is 1.49 bits per heavy atom. The van der Waals surface area contributed by atoms with Crippen LogP contribution in [0.5, 0.6) is 0 Å². The number of benzene rings is 2. The third-order valence-corrected chi connectivity index (χ3v) is 7.77. The first-order chi connectivity index (χ1) is 16.5. The molecule has 2 rings (SSSR count). The molecule has 0 spiro atoms. The molecule has 0 radical (unpaired) electrons. The maximum atomic E-state index is 11.9. The second kappa shape index (κ2) is 15.5. The number of unbranched alkanes of at least 4 members (excludes halogenated alkanes) is 4. The van der Waals surface area contributed by atoms with Gasteiger partial charge in [0.2, 0.25) is 26.0 Å². The molecule has 0 bridgehead atoms. The van der Waals surface area contributed by atoms with E-state index >= 15 is 0 Å². The Bertz CT molecular complexity index is 1100. The van der Waals surface area contributed by atoms with Gasteiger partial charge in [0, 0.05) is 31.4 Å². The van der Waals surface area contributed by atoms with E-state index in [0.29, 0.717) is 24.5 Å². The highest BCUT2D eigenvalue weighted by atomic mass is 32.2. The number of nitrogens with one attached hydrogen (secondary N) is 3. The minimum atomic E-state index is -3.45. The first kappa shape index (κ1) is 30.6. The molecule has 0 aliphatic rings. The van der Waals surface area contributed by atoms with Crippen molar-refractivity contribution in [2.75, 3.05) is 24.1 Å². The van der Waals surface area contributed by atoms with Crippen LogP contribution >= 0.6 is 0 Å². The first-order valence-electron chi connectivity index (χ1n) is 11.7. The molecule has 0 fully saturated rings. The lowest BCUT2D eigenvalue weighted by atomic mass is 10.3. The summed E-state index contributed by atoms with van der Waals surface area (Å²) in [6.07, 6.45) is 5.86. The molecule has 0 atom stereocenters. The average Bonchev–Trinajstić information content (AvgIpc) is 2.80. The maximum Gasteiger partial charge on any atom is 0.240 e. The lowest BCUT2D eigenvalue weighted by Crippen LogP contribution is -2.24. The predicted molar refractivity (Wildman–Crippen MR) is 141 cm³/mol. The van der Waals surface area contributed by atoms with Gasteiger partial charge in [0.15, 0.2) is 0 Å². The summed E-state index contributed by atoms with van der Waals surface area (Å²) in [5.41, 5.74) is 6.64. The van der Waals surface area contributed by atoms with Gasteiger partial charge in [-0.05, 0) is 61.4 Å². The zero-order valence-corrected chi connectivity index (χ0v) is 22.3. The number of anilines is 2. The van der Waals surface area contributed by atoms with Gasteiger partial charge >= 0.3 is 0 Å². The van der Waals surface area contributed by atoms with E-state index in [4.69, 9.17) is 5.73 Å². The average molecular weight is 527 g/mol. The maximum absolute atomic E-state index is 11.9. The van der Waals surface area contributed by atoms with Crippen LogP contribution in [0.4, 0.5) is 11.4 Å². The standard InChI is InChI=1S/C13H20N2O3S.C11H18N2O2S/c1-3-4-5-10-14-19(17,18)13-8-6-12(7-9-13)15-11(2)16;1-2-3-4-9-13-16(14,15)11-7-5-10(12)6-8-11/h6-9,14H,3-5,10H2,1-2H3,(H,15,16);5-8,13H,2-4,9,12H2,1H3. The van der Waals surface area contributed by atoms with Gasteiger partial charge in [0.25, 0.3) is 0 Å². The molecule has 2 aromatic rings. The van der Waals surface area contributed by atoms with Gasteiger partial charge < -0.3 is 11.1 Å². The van der Waals surface area contributed by atoms with Crippen molar-refractivity contribution in [3.63, 3.8) is 0 Å². The van der Waals surface area contributed by atoms with Gasteiger partial charge in [-0.25, -0.2) is 26.3 Å². The molecule has 9 nitrogen and oxygen atoms in total. The topological polar surface area (TPSA) is 147 Å². The first-order valence-corrected chi connectivity index (χ1v) is 14.7. The Morgan fingerprint density at radius 2 is 1.11 bits per heavy atom. The molecular weight excluding hydrogens is 488 g/mol. The highest BCUT2D eigenvalue weighted by molar-refractivity contribution is 7.89. The molecule has 5 N–H and O–H groups in total. The molecule has 0 saturated heterocycles. The molecule has 0 aliphatic carbocycles. The molecule has 0 saturated carbocycles. The van der Waals surface area contributed by atoms with Crippen LogP contribution in [0.2, 0.25) is 0 Å². The second-order valence-electron chi connectivity index (χ2n) is 7.98. The zero-order chi connectivity index (χ0) is 26.3. The lowest BCUT2D eigenvalue weighted by molar-refractivity contribution is -0.114. The van der Waals surface area contributed by atoms with E-state index in [0.717, 1.165) is 38.5 Å². The quantitative estimate of drug-likeness (QED) is 0.230. The van der Waals surface area contributed by atoms with Crippen LogP contribution in [0, 0.1) is 0 Å². The van der Waals surface area contributed by atoms with Gasteiger partial charge in [0.05, 0.1) is 9.79 Å². The second-order valence-corrected chi connectivity index (χ2v) is 11.5. The molecule has 1 amide bonds. The van der Waals surface area contributed by atoms with Crippen LogP contribution in [-0.2, 0) is 24.8 Å². The van der Waals surface area contributed by atoms with Crippen molar-refractivity contribution in [3.8, 4) is 0 Å². The van der Waals surface area contributed by atoms with Crippen molar-refractivity contribution in [2.24, 2.45) is 0 Å². The molecule has 11 heteroatoms. The molecule has 2 aromatic carbocycles. The fourth-order valence-electron chi connectivity index (χ4n) is 2.90. The summed E-state index contributed by atoms with van der Waals surface area (Å²) in [4.78, 5) is 11.3. The van der Waals surface area contributed by atoms with Crippen LogP contribution in [0.25, 0.3) is 0 Å². The third-order valence-electron chi connectivity index (χ3n) is 4.82. The Morgan fingerprint density at radius 1 is 0.714 bits per heavy atom. The molecule has 196 valence electrons. The van der Waals surface area contributed by atoms with Gasteiger partial charge in [-0.1, -0.05) is 39.5 Å². The van der Waals surface area contributed by atoms with Crippen LogP contribution in [-0.4, -0.2) is 35.8 Å².